The fourth-order valence-electron chi connectivity index (χ4n) is 1.77. The molecule has 1 aromatic heterocycles. The third-order valence-corrected chi connectivity index (χ3v) is 2.85. The summed E-state index contributed by atoms with van der Waals surface area (Å²) in [4.78, 5) is 0. The predicted molar refractivity (Wildman–Crippen MR) is 67.3 cm³/mol. The zero-order chi connectivity index (χ0) is 15.9. The maximum atomic E-state index is 7.87. The average Bonchev–Trinajstić information content (AvgIpc) is 2.40. The summed E-state index contributed by atoms with van der Waals surface area (Å²) in [6.45, 7) is 1.61. The van der Waals surface area contributed by atoms with Crippen LogP contribution in [0.15, 0.2) is 36.5 Å². The van der Waals surface area contributed by atoms with Gasteiger partial charge in [0.05, 0.1) is 2.74 Å². The van der Waals surface area contributed by atoms with Crippen molar-refractivity contribution in [2.45, 2.75) is 20.7 Å². The van der Waals surface area contributed by atoms with Gasteiger partial charge in [-0.1, -0.05) is 12.1 Å². The Balaban J connectivity index is 2.64. The summed E-state index contributed by atoms with van der Waals surface area (Å²) in [5.41, 5.74) is 3.68. The number of aromatic nitrogens is 1. The van der Waals surface area contributed by atoms with Crippen molar-refractivity contribution in [1.82, 2.24) is 0 Å². The van der Waals surface area contributed by atoms with E-state index in [2.05, 4.69) is 0 Å². The summed E-state index contributed by atoms with van der Waals surface area (Å²) in [6.07, 6.45) is 1.59. The Kier molecular flexibility index (Phi) is 1.58. The fourth-order valence-corrected chi connectivity index (χ4v) is 1.77. The Hall–Kier alpha value is -1.63. The molecule has 1 aromatic carbocycles. The summed E-state index contributed by atoms with van der Waals surface area (Å²) < 4.78 is 39.8. The van der Waals surface area contributed by atoms with E-state index in [0.717, 1.165) is 22.4 Å². The minimum Gasteiger partial charge on any atom is -0.201 e. The van der Waals surface area contributed by atoms with Crippen LogP contribution in [0.4, 0.5) is 0 Å². The molecule has 0 atom stereocenters. The first-order valence-electron chi connectivity index (χ1n) is 7.71. The molecule has 1 nitrogen and oxygen atoms in total. The molecule has 0 unspecified atom stereocenters. The molecule has 0 amide bonds. The van der Waals surface area contributed by atoms with Crippen molar-refractivity contribution in [1.29, 1.82) is 0 Å². The van der Waals surface area contributed by atoms with Crippen LogP contribution in [-0.4, -0.2) is 0 Å². The molecule has 0 aliphatic rings. The zero-order valence-electron chi connectivity index (χ0n) is 14.8. The van der Waals surface area contributed by atoms with E-state index in [1.807, 2.05) is 13.8 Å². The first kappa shape index (κ1) is 6.19. The molecule has 0 saturated heterocycles. The first-order chi connectivity index (χ1) is 9.62. The molecule has 0 fully saturated rings. The van der Waals surface area contributed by atoms with Crippen molar-refractivity contribution in [2.75, 3.05) is 0 Å². The molecule has 2 aromatic rings. The van der Waals surface area contributed by atoms with Gasteiger partial charge < -0.3 is 0 Å². The molecular formula is C15H18N+. The van der Waals surface area contributed by atoms with E-state index in [0.29, 0.717) is 0 Å². The summed E-state index contributed by atoms with van der Waals surface area (Å²) in [6, 6.07) is 5.42. The van der Waals surface area contributed by atoms with E-state index in [1.165, 1.54) is 0 Å². The number of nitrogens with zero attached hydrogens (tertiary/aromatic N) is 1. The van der Waals surface area contributed by atoms with Gasteiger partial charge in [-0.25, -0.2) is 4.57 Å². The molecule has 0 radical (unpaired) electrons. The van der Waals surface area contributed by atoms with Crippen molar-refractivity contribution >= 4 is 0 Å². The van der Waals surface area contributed by atoms with E-state index >= 15 is 0 Å². The lowest BCUT2D eigenvalue weighted by Crippen LogP contribution is -2.31. The molecule has 82 valence electrons. The highest BCUT2D eigenvalue weighted by atomic mass is 14.9. The molecule has 1 heteroatoms. The van der Waals surface area contributed by atoms with Gasteiger partial charge in [-0.2, -0.15) is 0 Å². The molecule has 0 saturated carbocycles. The zero-order valence-corrected chi connectivity index (χ0v) is 9.76. The van der Waals surface area contributed by atoms with Crippen LogP contribution in [0.5, 0.6) is 0 Å². The van der Waals surface area contributed by atoms with E-state index in [-0.39, 0.29) is 17.6 Å². The topological polar surface area (TPSA) is 3.88 Å². The quantitative estimate of drug-likeness (QED) is 0.646. The van der Waals surface area contributed by atoms with Crippen LogP contribution in [0.25, 0.3) is 11.3 Å². The van der Waals surface area contributed by atoms with Crippen LogP contribution in [0.2, 0.25) is 0 Å². The van der Waals surface area contributed by atoms with Gasteiger partial charge in [-0.3, -0.25) is 0 Å². The molecule has 0 N–H and O–H groups in total. The van der Waals surface area contributed by atoms with Crippen molar-refractivity contribution in [2.24, 2.45) is 7.05 Å². The SMILES string of the molecule is [2H]c1cc(-c2ccc(C([2H])([2H])[2H])c[n+]2C)c(C)c(C)c1[2H]. The van der Waals surface area contributed by atoms with Gasteiger partial charge in [0, 0.05) is 21.3 Å². The van der Waals surface area contributed by atoms with Gasteiger partial charge >= 0.3 is 0 Å². The van der Waals surface area contributed by atoms with E-state index in [1.54, 1.807) is 36.0 Å². The molecular weight excluding hydrogens is 194 g/mol. The second-order valence-electron chi connectivity index (χ2n) is 3.99. The first-order valence-corrected chi connectivity index (χ1v) is 5.21. The van der Waals surface area contributed by atoms with Crippen molar-refractivity contribution < 1.29 is 11.4 Å². The van der Waals surface area contributed by atoms with Gasteiger partial charge in [-0.15, -0.1) is 0 Å². The van der Waals surface area contributed by atoms with Crippen LogP contribution in [-0.2, 0) is 7.05 Å². The second-order valence-corrected chi connectivity index (χ2v) is 3.99. The number of hydrogen-bond acceptors (Lipinski definition) is 0. The highest BCUT2D eigenvalue weighted by molar-refractivity contribution is 5.62. The van der Waals surface area contributed by atoms with Crippen LogP contribution in [0, 0.1) is 20.7 Å². The normalized spacial score (nSPS) is 15.8. The Morgan fingerprint density at radius 3 is 2.75 bits per heavy atom. The smallest absolute Gasteiger partial charge is 0.201 e. The van der Waals surface area contributed by atoms with Gasteiger partial charge in [-0.05, 0) is 44.0 Å². The lowest BCUT2D eigenvalue weighted by Gasteiger charge is -2.07. The Morgan fingerprint density at radius 2 is 2.06 bits per heavy atom. The minimum absolute atomic E-state index is 0.174. The average molecular weight is 217 g/mol. The molecule has 1 heterocycles. The van der Waals surface area contributed by atoms with Crippen LogP contribution in [0.1, 0.15) is 23.5 Å². The summed E-state index contributed by atoms with van der Waals surface area (Å²) in [5, 5.41) is 0. The Morgan fingerprint density at radius 1 is 1.25 bits per heavy atom. The maximum absolute atomic E-state index is 7.87. The third-order valence-electron chi connectivity index (χ3n) is 2.85. The van der Waals surface area contributed by atoms with E-state index in [9.17, 15) is 0 Å². The van der Waals surface area contributed by atoms with E-state index < -0.39 is 6.85 Å². The molecule has 0 aliphatic heterocycles. The maximum Gasteiger partial charge on any atom is 0.212 e. The number of benzene rings is 1. The monoisotopic (exact) mass is 217 g/mol. The van der Waals surface area contributed by atoms with Crippen LogP contribution >= 0.6 is 0 Å². The van der Waals surface area contributed by atoms with Gasteiger partial charge in [0.15, 0.2) is 6.20 Å². The highest BCUT2D eigenvalue weighted by Crippen LogP contribution is 2.22. The van der Waals surface area contributed by atoms with Crippen LogP contribution in [0.3, 0.4) is 0 Å². The number of rotatable bonds is 1. The summed E-state index contributed by atoms with van der Waals surface area (Å²) in [7, 11) is 1.79. The van der Waals surface area contributed by atoms with Gasteiger partial charge in [0.1, 0.15) is 7.05 Å². The Labute approximate surface area is 104 Å². The second kappa shape index (κ2) is 4.09. The Bertz CT molecular complexity index is 704. The molecule has 0 bridgehead atoms. The van der Waals surface area contributed by atoms with Gasteiger partial charge in [0.2, 0.25) is 5.69 Å². The van der Waals surface area contributed by atoms with Crippen molar-refractivity contribution in [3.8, 4) is 11.3 Å². The molecule has 16 heavy (non-hydrogen) atoms. The molecule has 2 rings (SSSR count). The number of aryl methyl sites for hydroxylation is 2. The molecule has 0 spiro atoms. The standard InChI is InChI=1S/C15H18N/c1-11-8-9-15(16(4)10-11)14-7-5-6-12(2)13(14)3/h5-10H,1-4H3/q+1/i1D3,5D,6D. The van der Waals surface area contributed by atoms with Crippen molar-refractivity contribution in [3.05, 3.63) is 53.2 Å². The minimum atomic E-state index is -2.13. The highest BCUT2D eigenvalue weighted by Gasteiger charge is 2.12. The lowest BCUT2D eigenvalue weighted by molar-refractivity contribution is -0.660. The number of pyridine rings is 1. The largest absolute Gasteiger partial charge is 0.212 e. The van der Waals surface area contributed by atoms with Crippen LogP contribution < -0.4 is 4.57 Å². The lowest BCUT2D eigenvalue weighted by atomic mass is 10.00. The van der Waals surface area contributed by atoms with Crippen molar-refractivity contribution in [3.63, 3.8) is 0 Å². The predicted octanol–water partition coefficient (Wildman–Crippen LogP) is 3.10. The number of hydrogen-bond donors (Lipinski definition) is 0. The third kappa shape index (κ3) is 1.85. The summed E-state index contributed by atoms with van der Waals surface area (Å²) >= 11 is 0. The molecule has 0 aliphatic carbocycles. The summed E-state index contributed by atoms with van der Waals surface area (Å²) in [5.74, 6) is 0. The van der Waals surface area contributed by atoms with E-state index in [4.69, 9.17) is 6.85 Å². The van der Waals surface area contributed by atoms with Gasteiger partial charge in [0.25, 0.3) is 0 Å². The fraction of sp³-hybridized carbons (Fsp3) is 0.267.